The van der Waals surface area contributed by atoms with Crippen LogP contribution in [-0.4, -0.2) is 11.6 Å². The molecule has 5 heteroatoms. The van der Waals surface area contributed by atoms with Crippen molar-refractivity contribution in [1.82, 2.24) is 0 Å². The van der Waals surface area contributed by atoms with E-state index < -0.39 is 0 Å². The second kappa shape index (κ2) is 17.9. The second-order valence-electron chi connectivity index (χ2n) is 17.2. The van der Waals surface area contributed by atoms with Crippen molar-refractivity contribution in [1.29, 1.82) is 0 Å². The molecule has 0 aromatic heterocycles. The maximum Gasteiger partial charge on any atom is 0.193 e. The number of rotatable bonds is 11. The first kappa shape index (κ1) is 42.0. The molecule has 0 spiro atoms. The van der Waals surface area contributed by atoms with E-state index in [1.807, 2.05) is 98.8 Å². The number of carbonyl (C=O) groups is 2. The van der Waals surface area contributed by atoms with Gasteiger partial charge in [0.15, 0.2) is 11.6 Å². The highest BCUT2D eigenvalue weighted by Gasteiger charge is 2.31. The van der Waals surface area contributed by atoms with E-state index >= 15 is 0 Å². The van der Waals surface area contributed by atoms with Crippen molar-refractivity contribution < 1.29 is 14.3 Å². The fraction of sp³-hybridized carbons (Fsp3) is 0.115. The van der Waals surface area contributed by atoms with Gasteiger partial charge in [0, 0.05) is 52.2 Å². The molecule has 2 aliphatic carbocycles. The Morgan fingerprint density at radius 3 is 1.58 bits per heavy atom. The standard InChI is InChI=1S/C61H50N2O3/c1-5-43-15-7-9-17-55(43)62(54-16-8-6-14-42(54)4)48-34-30-44(31-35-48)50-38-53(61(65)47-28-24-41(3)25-29-47)51(39-52(50)60(64)46-26-22-40(2)23-27-46)45-32-36-49(37-33-45)63-56-18-10-12-20-58(56)66-59-21-13-11-19-57(59)63/h5-11,14-19,22-39H,1,12-13,20-21H2,2-4H3. The Hall–Kier alpha value is -8.02. The minimum absolute atomic E-state index is 0.120. The summed E-state index contributed by atoms with van der Waals surface area (Å²) in [7, 11) is 0. The molecule has 7 aromatic rings. The summed E-state index contributed by atoms with van der Waals surface area (Å²) in [4.78, 5) is 34.4. The molecule has 322 valence electrons. The van der Waals surface area contributed by atoms with Crippen LogP contribution in [0.5, 0.6) is 0 Å². The number of carbonyl (C=O) groups excluding carboxylic acids is 2. The van der Waals surface area contributed by atoms with Crippen LogP contribution in [0.4, 0.5) is 22.7 Å². The van der Waals surface area contributed by atoms with Crippen molar-refractivity contribution in [2.75, 3.05) is 9.80 Å². The molecular formula is C61H50N2O3. The number of ether oxygens (including phenoxy) is 1. The number of hydrogen-bond donors (Lipinski definition) is 0. The fourth-order valence-electron chi connectivity index (χ4n) is 9.26. The molecule has 0 saturated carbocycles. The average molecular weight is 859 g/mol. The van der Waals surface area contributed by atoms with Gasteiger partial charge in [0.05, 0.1) is 17.1 Å². The summed E-state index contributed by atoms with van der Waals surface area (Å²) in [5.74, 6) is 1.75. The molecule has 5 nitrogen and oxygen atoms in total. The Balaban J connectivity index is 1.14. The summed E-state index contributed by atoms with van der Waals surface area (Å²) in [6, 6.07) is 52.5. The van der Waals surface area contributed by atoms with E-state index in [-0.39, 0.29) is 11.6 Å². The lowest BCUT2D eigenvalue weighted by molar-refractivity contribution is 0.102. The van der Waals surface area contributed by atoms with Crippen molar-refractivity contribution in [3.8, 4) is 22.3 Å². The summed E-state index contributed by atoms with van der Waals surface area (Å²) < 4.78 is 6.47. The molecule has 1 heterocycles. The van der Waals surface area contributed by atoms with E-state index in [1.165, 1.54) is 0 Å². The van der Waals surface area contributed by atoms with Crippen molar-refractivity contribution >= 4 is 40.4 Å². The van der Waals surface area contributed by atoms with Crippen LogP contribution in [0.3, 0.4) is 0 Å². The third kappa shape index (κ3) is 7.94. The molecular weight excluding hydrogens is 809 g/mol. The molecule has 0 unspecified atom stereocenters. The molecule has 1 aliphatic heterocycles. The van der Waals surface area contributed by atoms with Crippen molar-refractivity contribution in [3.05, 3.63) is 256 Å². The first-order chi connectivity index (χ1) is 32.2. The van der Waals surface area contributed by atoms with Gasteiger partial charge < -0.3 is 14.5 Å². The largest absolute Gasteiger partial charge is 0.462 e. The Bertz CT molecular complexity index is 3130. The lowest BCUT2D eigenvalue weighted by atomic mass is 9.85. The van der Waals surface area contributed by atoms with Crippen LogP contribution in [0.1, 0.15) is 79.8 Å². The molecule has 0 saturated heterocycles. The van der Waals surface area contributed by atoms with Crippen LogP contribution < -0.4 is 9.80 Å². The number of aryl methyl sites for hydroxylation is 3. The van der Waals surface area contributed by atoms with Crippen molar-refractivity contribution in [2.45, 2.75) is 46.5 Å². The van der Waals surface area contributed by atoms with Crippen LogP contribution >= 0.6 is 0 Å². The number of nitrogens with zero attached hydrogens (tertiary/aromatic N) is 2. The number of para-hydroxylation sites is 2. The monoisotopic (exact) mass is 858 g/mol. The Labute approximate surface area is 387 Å². The molecule has 66 heavy (non-hydrogen) atoms. The van der Waals surface area contributed by atoms with Gasteiger partial charge in [-0.05, 0) is 128 Å². The number of benzene rings is 7. The predicted molar refractivity (Wildman–Crippen MR) is 270 cm³/mol. The average Bonchev–Trinajstić information content (AvgIpc) is 3.36. The number of hydrogen-bond acceptors (Lipinski definition) is 5. The third-order valence-electron chi connectivity index (χ3n) is 12.8. The zero-order valence-corrected chi connectivity index (χ0v) is 37.6. The smallest absolute Gasteiger partial charge is 0.193 e. The number of anilines is 4. The molecule has 0 N–H and O–H groups in total. The van der Waals surface area contributed by atoms with E-state index in [9.17, 15) is 9.59 Å². The molecule has 0 amide bonds. The highest BCUT2D eigenvalue weighted by molar-refractivity contribution is 6.18. The maximum atomic E-state index is 15.0. The van der Waals surface area contributed by atoms with Crippen LogP contribution in [0.15, 0.2) is 212 Å². The van der Waals surface area contributed by atoms with Gasteiger partial charge in [-0.1, -0.05) is 145 Å². The van der Waals surface area contributed by atoms with E-state index in [2.05, 4.69) is 126 Å². The van der Waals surface area contributed by atoms with Gasteiger partial charge in [-0.3, -0.25) is 9.59 Å². The van der Waals surface area contributed by atoms with Gasteiger partial charge in [-0.2, -0.15) is 0 Å². The zero-order chi connectivity index (χ0) is 45.3. The third-order valence-corrected chi connectivity index (χ3v) is 12.8. The Morgan fingerprint density at radius 1 is 0.576 bits per heavy atom. The molecule has 0 fully saturated rings. The Kier molecular flexibility index (Phi) is 11.4. The Morgan fingerprint density at radius 2 is 1.06 bits per heavy atom. The molecule has 10 rings (SSSR count). The number of ketones is 2. The highest BCUT2D eigenvalue weighted by atomic mass is 16.5. The van der Waals surface area contributed by atoms with Gasteiger partial charge in [-0.25, -0.2) is 0 Å². The predicted octanol–water partition coefficient (Wildman–Crippen LogP) is 15.5. The van der Waals surface area contributed by atoms with Gasteiger partial charge in [0.25, 0.3) is 0 Å². The first-order valence-electron chi connectivity index (χ1n) is 22.7. The van der Waals surface area contributed by atoms with Crippen LogP contribution in [-0.2, 0) is 4.74 Å². The minimum atomic E-state index is -0.122. The second-order valence-corrected chi connectivity index (χ2v) is 17.2. The van der Waals surface area contributed by atoms with Gasteiger partial charge >= 0.3 is 0 Å². The van der Waals surface area contributed by atoms with Crippen LogP contribution in [0, 0.1) is 20.8 Å². The SMILES string of the molecule is C=Cc1ccccc1N(c1ccc(-c2cc(C(=O)c3ccc(C)cc3)c(-c3ccc(N4C5=C(CCC=C5)OC5=C4C=CCC5)cc3)cc2C(=O)c2ccc(C)cc2)cc1)c1ccccc1C. The normalized spacial score (nSPS) is 14.1. The lowest BCUT2D eigenvalue weighted by Crippen LogP contribution is -2.29. The van der Waals surface area contributed by atoms with Gasteiger partial charge in [0.2, 0.25) is 0 Å². The topological polar surface area (TPSA) is 49.9 Å². The first-order valence-corrected chi connectivity index (χ1v) is 22.7. The van der Waals surface area contributed by atoms with E-state index in [0.717, 1.165) is 105 Å². The summed E-state index contributed by atoms with van der Waals surface area (Å²) in [6.07, 6.45) is 14.2. The summed E-state index contributed by atoms with van der Waals surface area (Å²) in [5.41, 5.74) is 15.5. The number of allylic oxidation sites excluding steroid dienone is 6. The lowest BCUT2D eigenvalue weighted by Gasteiger charge is -2.37. The van der Waals surface area contributed by atoms with E-state index in [0.29, 0.717) is 33.4 Å². The quantitative estimate of drug-likeness (QED) is 0.121. The van der Waals surface area contributed by atoms with Gasteiger partial charge in [0.1, 0.15) is 11.5 Å². The summed E-state index contributed by atoms with van der Waals surface area (Å²) in [5, 5.41) is 0. The highest BCUT2D eigenvalue weighted by Crippen LogP contribution is 2.44. The fourth-order valence-corrected chi connectivity index (χ4v) is 9.26. The maximum absolute atomic E-state index is 15.0. The van der Waals surface area contributed by atoms with E-state index in [4.69, 9.17) is 4.74 Å². The molecule has 0 bridgehead atoms. The van der Waals surface area contributed by atoms with Crippen molar-refractivity contribution in [3.63, 3.8) is 0 Å². The molecule has 0 atom stereocenters. The van der Waals surface area contributed by atoms with Crippen LogP contribution in [0.25, 0.3) is 28.3 Å². The zero-order valence-electron chi connectivity index (χ0n) is 37.6. The van der Waals surface area contributed by atoms with E-state index in [1.54, 1.807) is 0 Å². The minimum Gasteiger partial charge on any atom is -0.462 e. The summed E-state index contributed by atoms with van der Waals surface area (Å²) in [6.45, 7) is 10.3. The molecule has 0 radical (unpaired) electrons. The van der Waals surface area contributed by atoms with Crippen LogP contribution in [0.2, 0.25) is 0 Å². The molecule has 7 aromatic carbocycles. The van der Waals surface area contributed by atoms with Gasteiger partial charge in [-0.15, -0.1) is 0 Å². The molecule has 3 aliphatic rings. The summed E-state index contributed by atoms with van der Waals surface area (Å²) >= 11 is 0. The van der Waals surface area contributed by atoms with Crippen molar-refractivity contribution in [2.24, 2.45) is 0 Å².